The molecule has 1 aromatic carbocycles. The maximum Gasteiger partial charge on any atom is 0.271 e. The SMILES string of the molecule is C[C@@H](Cn1ccc(-c2ccc(C#N)c(Cl)c2)n1)NC(=O)c1cn(C)cn1. The zero-order chi connectivity index (χ0) is 18.7. The van der Waals surface area contributed by atoms with E-state index in [2.05, 4.69) is 15.4 Å². The van der Waals surface area contributed by atoms with Gasteiger partial charge in [0.05, 0.1) is 29.2 Å². The van der Waals surface area contributed by atoms with Crippen LogP contribution in [0.3, 0.4) is 0 Å². The molecule has 1 N–H and O–H groups in total. The van der Waals surface area contributed by atoms with Crippen molar-refractivity contribution in [2.75, 3.05) is 0 Å². The minimum Gasteiger partial charge on any atom is -0.346 e. The number of amides is 1. The van der Waals surface area contributed by atoms with E-state index >= 15 is 0 Å². The number of rotatable bonds is 5. The van der Waals surface area contributed by atoms with Gasteiger partial charge in [-0.05, 0) is 25.1 Å². The third-order valence-electron chi connectivity index (χ3n) is 3.80. The molecule has 7 nitrogen and oxygen atoms in total. The van der Waals surface area contributed by atoms with Crippen LogP contribution in [0.15, 0.2) is 43.0 Å². The van der Waals surface area contributed by atoms with Gasteiger partial charge in [0, 0.05) is 31.0 Å². The molecule has 0 aliphatic rings. The largest absolute Gasteiger partial charge is 0.346 e. The van der Waals surface area contributed by atoms with E-state index in [-0.39, 0.29) is 11.9 Å². The molecule has 8 heteroatoms. The molecule has 1 amide bonds. The molecule has 0 saturated carbocycles. The normalized spacial score (nSPS) is 11.8. The van der Waals surface area contributed by atoms with Gasteiger partial charge in [0.25, 0.3) is 5.91 Å². The summed E-state index contributed by atoms with van der Waals surface area (Å²) in [6.07, 6.45) is 5.09. The van der Waals surface area contributed by atoms with E-state index in [1.54, 1.807) is 33.9 Å². The molecule has 0 fully saturated rings. The molecule has 0 aliphatic carbocycles. The van der Waals surface area contributed by atoms with Crippen molar-refractivity contribution in [1.82, 2.24) is 24.6 Å². The van der Waals surface area contributed by atoms with Gasteiger partial charge < -0.3 is 9.88 Å². The summed E-state index contributed by atoms with van der Waals surface area (Å²) in [5.74, 6) is -0.218. The van der Waals surface area contributed by atoms with Gasteiger partial charge in [0.15, 0.2) is 0 Å². The molecule has 3 aromatic rings. The number of benzene rings is 1. The van der Waals surface area contributed by atoms with Crippen LogP contribution in [-0.4, -0.2) is 31.3 Å². The fourth-order valence-corrected chi connectivity index (χ4v) is 2.76. The van der Waals surface area contributed by atoms with Crippen LogP contribution in [0.4, 0.5) is 0 Å². The second-order valence-electron chi connectivity index (χ2n) is 6.03. The molecule has 1 atom stereocenters. The van der Waals surface area contributed by atoms with E-state index in [1.807, 2.05) is 38.4 Å². The van der Waals surface area contributed by atoms with Crippen LogP contribution < -0.4 is 5.32 Å². The summed E-state index contributed by atoms with van der Waals surface area (Å²) in [6.45, 7) is 2.42. The van der Waals surface area contributed by atoms with E-state index in [0.717, 1.165) is 11.3 Å². The third-order valence-corrected chi connectivity index (χ3v) is 4.11. The average molecular weight is 369 g/mol. The Bertz CT molecular complexity index is 984. The van der Waals surface area contributed by atoms with Gasteiger partial charge >= 0.3 is 0 Å². The summed E-state index contributed by atoms with van der Waals surface area (Å²) in [5.41, 5.74) is 2.39. The summed E-state index contributed by atoms with van der Waals surface area (Å²) < 4.78 is 3.48. The lowest BCUT2D eigenvalue weighted by molar-refractivity contribution is 0.0931. The zero-order valence-corrected chi connectivity index (χ0v) is 15.1. The van der Waals surface area contributed by atoms with Crippen molar-refractivity contribution in [1.29, 1.82) is 5.26 Å². The highest BCUT2D eigenvalue weighted by atomic mass is 35.5. The van der Waals surface area contributed by atoms with Crippen LogP contribution in [0.2, 0.25) is 5.02 Å². The third kappa shape index (κ3) is 3.92. The van der Waals surface area contributed by atoms with Gasteiger partial charge in [-0.25, -0.2) is 4.98 Å². The Morgan fingerprint density at radius 3 is 2.88 bits per heavy atom. The Labute approximate surface area is 155 Å². The quantitative estimate of drug-likeness (QED) is 0.749. The first kappa shape index (κ1) is 17.7. The molecular formula is C18H17ClN6O. The topological polar surface area (TPSA) is 88.5 Å². The molecule has 2 heterocycles. The fraction of sp³-hybridized carbons (Fsp3) is 0.222. The molecular weight excluding hydrogens is 352 g/mol. The number of nitrogens with one attached hydrogen (secondary N) is 1. The number of aromatic nitrogens is 4. The van der Waals surface area contributed by atoms with Crippen LogP contribution in [0.5, 0.6) is 0 Å². The highest BCUT2D eigenvalue weighted by Gasteiger charge is 2.13. The van der Waals surface area contributed by atoms with Crippen molar-refractivity contribution in [2.24, 2.45) is 7.05 Å². The summed E-state index contributed by atoms with van der Waals surface area (Å²) in [6, 6.07) is 8.98. The molecule has 0 unspecified atom stereocenters. The van der Waals surface area contributed by atoms with Gasteiger partial charge in [-0.15, -0.1) is 0 Å². The summed E-state index contributed by atoms with van der Waals surface area (Å²) in [5, 5.41) is 16.7. The lowest BCUT2D eigenvalue weighted by atomic mass is 10.1. The van der Waals surface area contributed by atoms with Crippen molar-refractivity contribution < 1.29 is 4.79 Å². The van der Waals surface area contributed by atoms with E-state index < -0.39 is 0 Å². The van der Waals surface area contributed by atoms with Gasteiger partial charge in [-0.2, -0.15) is 10.4 Å². The maximum absolute atomic E-state index is 12.1. The number of hydrogen-bond acceptors (Lipinski definition) is 4. The number of hydrogen-bond donors (Lipinski definition) is 1. The predicted octanol–water partition coefficient (Wildman–Crippen LogP) is 2.63. The molecule has 132 valence electrons. The van der Waals surface area contributed by atoms with Crippen LogP contribution in [-0.2, 0) is 13.6 Å². The zero-order valence-electron chi connectivity index (χ0n) is 14.3. The molecule has 3 rings (SSSR count). The smallest absolute Gasteiger partial charge is 0.271 e. The Morgan fingerprint density at radius 2 is 2.23 bits per heavy atom. The highest BCUT2D eigenvalue weighted by Crippen LogP contribution is 2.24. The Kier molecular flexibility index (Phi) is 5.05. The van der Waals surface area contributed by atoms with Gasteiger partial charge in [0.2, 0.25) is 0 Å². The van der Waals surface area contributed by atoms with Crippen molar-refractivity contribution in [2.45, 2.75) is 19.5 Å². The molecule has 0 bridgehead atoms. The minimum absolute atomic E-state index is 0.123. The number of nitrogens with zero attached hydrogens (tertiary/aromatic N) is 5. The summed E-state index contributed by atoms with van der Waals surface area (Å²) >= 11 is 6.08. The van der Waals surface area contributed by atoms with E-state index in [9.17, 15) is 4.79 Å². The number of carbonyl (C=O) groups is 1. The number of aryl methyl sites for hydroxylation is 1. The molecule has 2 aromatic heterocycles. The van der Waals surface area contributed by atoms with Gasteiger partial charge in [-0.3, -0.25) is 9.48 Å². The lowest BCUT2D eigenvalue weighted by Gasteiger charge is -2.13. The number of halogens is 1. The summed E-state index contributed by atoms with van der Waals surface area (Å²) in [7, 11) is 1.81. The van der Waals surface area contributed by atoms with E-state index in [0.29, 0.717) is 22.8 Å². The van der Waals surface area contributed by atoms with Gasteiger partial charge in [-0.1, -0.05) is 17.7 Å². The molecule has 0 spiro atoms. The highest BCUT2D eigenvalue weighted by molar-refractivity contribution is 6.32. The average Bonchev–Trinajstić information content (AvgIpc) is 3.24. The fourth-order valence-electron chi connectivity index (χ4n) is 2.54. The first-order valence-electron chi connectivity index (χ1n) is 7.98. The number of imidazole rings is 1. The number of nitriles is 1. The van der Waals surface area contributed by atoms with Crippen molar-refractivity contribution in [3.63, 3.8) is 0 Å². The molecule has 0 radical (unpaired) electrons. The second kappa shape index (κ2) is 7.42. The summed E-state index contributed by atoms with van der Waals surface area (Å²) in [4.78, 5) is 16.2. The Hall–Kier alpha value is -3.11. The first-order chi connectivity index (χ1) is 12.5. The van der Waals surface area contributed by atoms with E-state index in [4.69, 9.17) is 16.9 Å². The van der Waals surface area contributed by atoms with Crippen molar-refractivity contribution in [3.8, 4) is 17.3 Å². The van der Waals surface area contributed by atoms with Crippen LogP contribution in [0, 0.1) is 11.3 Å². The second-order valence-corrected chi connectivity index (χ2v) is 6.44. The Balaban J connectivity index is 1.65. The van der Waals surface area contributed by atoms with Crippen LogP contribution in [0.1, 0.15) is 23.0 Å². The minimum atomic E-state index is -0.218. The van der Waals surface area contributed by atoms with Crippen LogP contribution >= 0.6 is 11.6 Å². The molecule has 26 heavy (non-hydrogen) atoms. The molecule has 0 aliphatic heterocycles. The predicted molar refractivity (Wildman–Crippen MR) is 97.5 cm³/mol. The van der Waals surface area contributed by atoms with Crippen molar-refractivity contribution >= 4 is 17.5 Å². The maximum atomic E-state index is 12.1. The standard InChI is InChI=1S/C18H17ClN6O/c1-12(22-18(26)17-10-24(2)11-21-17)9-25-6-5-16(23-25)13-3-4-14(8-20)15(19)7-13/h3-7,10-12H,9H2,1-2H3,(H,22,26)/t12-/m0/s1. The van der Waals surface area contributed by atoms with Crippen molar-refractivity contribution in [3.05, 3.63) is 59.3 Å². The number of carbonyl (C=O) groups excluding carboxylic acids is 1. The van der Waals surface area contributed by atoms with Crippen LogP contribution in [0.25, 0.3) is 11.3 Å². The first-order valence-corrected chi connectivity index (χ1v) is 8.36. The lowest BCUT2D eigenvalue weighted by Crippen LogP contribution is -2.36. The Morgan fingerprint density at radius 1 is 1.42 bits per heavy atom. The monoisotopic (exact) mass is 368 g/mol. The van der Waals surface area contributed by atoms with E-state index in [1.165, 1.54) is 0 Å². The van der Waals surface area contributed by atoms with Gasteiger partial charge in [0.1, 0.15) is 11.8 Å². The molecule has 0 saturated heterocycles.